The molecule has 1 aliphatic rings. The maximum atomic E-state index is 12.1. The first-order valence-corrected chi connectivity index (χ1v) is 7.43. The van der Waals surface area contributed by atoms with Crippen LogP contribution in [0.4, 0.5) is 0 Å². The molecule has 0 aromatic carbocycles. The molecule has 20 heavy (non-hydrogen) atoms. The number of hydrogen-bond acceptors (Lipinski definition) is 2. The van der Waals surface area contributed by atoms with E-state index in [0.717, 1.165) is 0 Å². The summed E-state index contributed by atoms with van der Waals surface area (Å²) in [6, 6.07) is 0. The Hall–Kier alpha value is -1.32. The van der Waals surface area contributed by atoms with Gasteiger partial charge in [-0.1, -0.05) is 52.7 Å². The van der Waals surface area contributed by atoms with Crippen LogP contribution in [-0.2, 0) is 9.59 Å². The molecule has 0 bridgehead atoms. The summed E-state index contributed by atoms with van der Waals surface area (Å²) in [4.78, 5) is 24.2. The third kappa shape index (κ3) is 2.05. The quantitative estimate of drug-likeness (QED) is 0.730. The zero-order valence-electron chi connectivity index (χ0n) is 12.8. The van der Waals surface area contributed by atoms with Gasteiger partial charge in [-0.15, -0.1) is 0 Å². The van der Waals surface area contributed by atoms with Crippen molar-refractivity contribution >= 4 is 11.9 Å². The molecular weight excluding hydrogens is 256 g/mol. The molecular formula is C16H26O4. The number of rotatable bonds is 6. The lowest BCUT2D eigenvalue weighted by molar-refractivity contribution is -0.188. The van der Waals surface area contributed by atoms with E-state index < -0.39 is 22.8 Å². The number of carbonyl (C=O) groups is 2. The maximum absolute atomic E-state index is 12.1. The topological polar surface area (TPSA) is 74.6 Å². The predicted octanol–water partition coefficient (Wildman–Crippen LogP) is 3.57. The zero-order valence-corrected chi connectivity index (χ0v) is 12.8. The average molecular weight is 282 g/mol. The second-order valence-electron chi connectivity index (χ2n) is 6.05. The summed E-state index contributed by atoms with van der Waals surface area (Å²) in [5.74, 6) is -2.32. The number of aliphatic carboxylic acids is 2. The van der Waals surface area contributed by atoms with Crippen LogP contribution in [0.15, 0.2) is 12.2 Å². The summed E-state index contributed by atoms with van der Waals surface area (Å²) in [6.07, 6.45) is 5.59. The van der Waals surface area contributed by atoms with Crippen molar-refractivity contribution in [2.45, 2.75) is 53.4 Å². The van der Waals surface area contributed by atoms with E-state index >= 15 is 0 Å². The fourth-order valence-electron chi connectivity index (χ4n) is 3.86. The van der Waals surface area contributed by atoms with Crippen LogP contribution >= 0.6 is 0 Å². The van der Waals surface area contributed by atoms with Gasteiger partial charge in [0.05, 0.1) is 10.8 Å². The molecule has 4 heteroatoms. The van der Waals surface area contributed by atoms with Crippen LogP contribution in [0.2, 0.25) is 0 Å². The van der Waals surface area contributed by atoms with E-state index in [0.29, 0.717) is 25.7 Å². The molecule has 0 spiro atoms. The van der Waals surface area contributed by atoms with Crippen molar-refractivity contribution in [2.24, 2.45) is 22.7 Å². The van der Waals surface area contributed by atoms with Gasteiger partial charge in [0.1, 0.15) is 0 Å². The highest BCUT2D eigenvalue weighted by atomic mass is 16.4. The first-order valence-electron chi connectivity index (χ1n) is 7.43. The highest BCUT2D eigenvalue weighted by Crippen LogP contribution is 2.58. The molecule has 0 fully saturated rings. The van der Waals surface area contributed by atoms with Gasteiger partial charge in [0.15, 0.2) is 0 Å². The molecule has 1 aliphatic carbocycles. The Labute approximate surface area is 120 Å². The number of carboxylic acids is 2. The lowest BCUT2D eigenvalue weighted by Crippen LogP contribution is -2.59. The molecule has 0 amide bonds. The molecule has 0 aliphatic heterocycles. The summed E-state index contributed by atoms with van der Waals surface area (Å²) < 4.78 is 0. The minimum atomic E-state index is -1.22. The normalized spacial score (nSPS) is 32.6. The van der Waals surface area contributed by atoms with Crippen LogP contribution < -0.4 is 0 Å². The molecule has 4 nitrogen and oxygen atoms in total. The first-order chi connectivity index (χ1) is 9.31. The van der Waals surface area contributed by atoms with Crippen LogP contribution in [0.3, 0.4) is 0 Å². The van der Waals surface area contributed by atoms with Gasteiger partial charge < -0.3 is 10.2 Å². The van der Waals surface area contributed by atoms with Crippen LogP contribution in [0.5, 0.6) is 0 Å². The summed E-state index contributed by atoms with van der Waals surface area (Å²) in [7, 11) is 0. The van der Waals surface area contributed by atoms with Gasteiger partial charge in [-0.05, 0) is 24.7 Å². The van der Waals surface area contributed by atoms with Gasteiger partial charge in [-0.3, -0.25) is 9.59 Å². The second-order valence-corrected chi connectivity index (χ2v) is 6.05. The molecule has 4 unspecified atom stereocenters. The minimum Gasteiger partial charge on any atom is -0.481 e. The van der Waals surface area contributed by atoms with Crippen molar-refractivity contribution < 1.29 is 19.8 Å². The maximum Gasteiger partial charge on any atom is 0.311 e. The van der Waals surface area contributed by atoms with Crippen molar-refractivity contribution in [2.75, 3.05) is 0 Å². The Morgan fingerprint density at radius 2 is 1.25 bits per heavy atom. The molecule has 4 atom stereocenters. The Bertz CT molecular complexity index is 377. The van der Waals surface area contributed by atoms with E-state index in [4.69, 9.17) is 0 Å². The molecule has 0 saturated carbocycles. The number of hydrogen-bond donors (Lipinski definition) is 2. The van der Waals surface area contributed by atoms with Gasteiger partial charge in [0.25, 0.3) is 0 Å². The third-order valence-electron chi connectivity index (χ3n) is 5.51. The first kappa shape index (κ1) is 16.7. The van der Waals surface area contributed by atoms with Gasteiger partial charge in [0.2, 0.25) is 0 Å². The molecule has 2 N–H and O–H groups in total. The van der Waals surface area contributed by atoms with Crippen molar-refractivity contribution in [3.8, 4) is 0 Å². The van der Waals surface area contributed by atoms with E-state index in [9.17, 15) is 19.8 Å². The van der Waals surface area contributed by atoms with Crippen LogP contribution in [0, 0.1) is 22.7 Å². The van der Waals surface area contributed by atoms with Crippen molar-refractivity contribution in [3.05, 3.63) is 12.2 Å². The third-order valence-corrected chi connectivity index (χ3v) is 5.51. The van der Waals surface area contributed by atoms with Gasteiger partial charge in [0, 0.05) is 0 Å². The highest BCUT2D eigenvalue weighted by Gasteiger charge is 2.65. The fourth-order valence-corrected chi connectivity index (χ4v) is 3.86. The smallest absolute Gasteiger partial charge is 0.311 e. The lowest BCUT2D eigenvalue weighted by atomic mass is 9.48. The van der Waals surface area contributed by atoms with Crippen LogP contribution in [-0.4, -0.2) is 22.2 Å². The largest absolute Gasteiger partial charge is 0.481 e. The highest BCUT2D eigenvalue weighted by molar-refractivity contribution is 5.88. The van der Waals surface area contributed by atoms with Gasteiger partial charge in [-0.25, -0.2) is 0 Å². The van der Waals surface area contributed by atoms with E-state index in [1.807, 2.05) is 39.8 Å². The summed E-state index contributed by atoms with van der Waals surface area (Å²) in [6.45, 7) is 7.59. The summed E-state index contributed by atoms with van der Waals surface area (Å²) in [5.41, 5.74) is -2.45. The van der Waals surface area contributed by atoms with E-state index in [-0.39, 0.29) is 11.8 Å². The van der Waals surface area contributed by atoms with Gasteiger partial charge in [-0.2, -0.15) is 0 Å². The van der Waals surface area contributed by atoms with Crippen LogP contribution in [0.25, 0.3) is 0 Å². The zero-order chi connectivity index (χ0) is 15.6. The van der Waals surface area contributed by atoms with E-state index in [2.05, 4.69) is 0 Å². The van der Waals surface area contributed by atoms with Crippen molar-refractivity contribution in [1.82, 2.24) is 0 Å². The second kappa shape index (κ2) is 5.98. The molecule has 1 rings (SSSR count). The van der Waals surface area contributed by atoms with Crippen molar-refractivity contribution in [3.63, 3.8) is 0 Å². The standard InChI is InChI=1S/C16H26O4/c1-5-11(3)15(13(17)18)9-7-8-10-16(15,14(19)20)12(4)6-2/h7-8,11-12H,5-6,9-10H2,1-4H3,(H,17,18)(H,19,20). The summed E-state index contributed by atoms with van der Waals surface area (Å²) in [5, 5.41) is 19.8. The Morgan fingerprint density at radius 1 is 0.950 bits per heavy atom. The van der Waals surface area contributed by atoms with Crippen LogP contribution in [0.1, 0.15) is 53.4 Å². The average Bonchev–Trinajstić information content (AvgIpc) is 2.44. The Balaban J connectivity index is 3.61. The lowest BCUT2D eigenvalue weighted by Gasteiger charge is -2.52. The summed E-state index contributed by atoms with van der Waals surface area (Å²) >= 11 is 0. The fraction of sp³-hybridized carbons (Fsp3) is 0.750. The van der Waals surface area contributed by atoms with Gasteiger partial charge >= 0.3 is 11.9 Å². The molecule has 0 radical (unpaired) electrons. The molecule has 0 aromatic rings. The SMILES string of the molecule is CCC(C)C1(C(=O)O)CC=CCC1(C(=O)O)C(C)CC. The molecule has 0 aromatic heterocycles. The Morgan fingerprint density at radius 3 is 1.45 bits per heavy atom. The van der Waals surface area contributed by atoms with E-state index in [1.54, 1.807) is 0 Å². The minimum absolute atomic E-state index is 0.185. The number of carboxylic acid groups (broad SMARTS) is 2. The Kier molecular flexibility index (Phi) is 5.00. The molecule has 0 saturated heterocycles. The number of allylic oxidation sites excluding steroid dienone is 2. The molecule has 114 valence electrons. The molecule has 0 heterocycles. The van der Waals surface area contributed by atoms with Crippen molar-refractivity contribution in [1.29, 1.82) is 0 Å². The predicted molar refractivity (Wildman–Crippen MR) is 77.4 cm³/mol. The van der Waals surface area contributed by atoms with E-state index in [1.165, 1.54) is 0 Å². The monoisotopic (exact) mass is 282 g/mol.